The molecule has 1 radical (unpaired) electrons. The summed E-state index contributed by atoms with van der Waals surface area (Å²) in [5, 5.41) is 0. The van der Waals surface area contributed by atoms with Crippen molar-refractivity contribution in [1.29, 1.82) is 0 Å². The van der Waals surface area contributed by atoms with Crippen molar-refractivity contribution in [3.8, 4) is 0 Å². The van der Waals surface area contributed by atoms with Gasteiger partial charge in [0.1, 0.15) is 0 Å². The molecular formula is C7H15N2O. The van der Waals surface area contributed by atoms with Gasteiger partial charge in [-0.05, 0) is 20.8 Å². The maximum absolute atomic E-state index is 11.0. The van der Waals surface area contributed by atoms with Gasteiger partial charge >= 0.3 is 0 Å². The van der Waals surface area contributed by atoms with Gasteiger partial charge in [0.15, 0.2) is 0 Å². The summed E-state index contributed by atoms with van der Waals surface area (Å²) in [6.07, 6.45) is 0. The van der Waals surface area contributed by atoms with Crippen LogP contribution < -0.4 is 5.73 Å². The fourth-order valence-electron chi connectivity index (χ4n) is 0.770. The van der Waals surface area contributed by atoms with Gasteiger partial charge in [-0.2, -0.15) is 0 Å². The fourth-order valence-corrected chi connectivity index (χ4v) is 0.770. The number of hydrogen-bond donors (Lipinski definition) is 1. The van der Waals surface area contributed by atoms with Crippen LogP contribution in [-0.4, -0.2) is 29.9 Å². The van der Waals surface area contributed by atoms with Crippen molar-refractivity contribution in [1.82, 2.24) is 4.90 Å². The normalized spacial score (nSPS) is 12.8. The Balaban J connectivity index is 3.89. The zero-order chi connectivity index (χ0) is 8.15. The number of likely N-dealkylation sites (N-methyl/N-ethyl adjacent to an activating group) is 1. The highest BCUT2D eigenvalue weighted by Crippen LogP contribution is 1.90. The predicted octanol–water partition coefficient (Wildman–Crippen LogP) is 0.0162. The topological polar surface area (TPSA) is 46.3 Å². The number of nitrogens with two attached hydrogens (primary N) is 1. The SMILES string of the molecule is [CH2]C(N)C(=O)N(CC)CC. The first kappa shape index (κ1) is 9.43. The molecule has 0 spiro atoms. The smallest absolute Gasteiger partial charge is 0.239 e. The van der Waals surface area contributed by atoms with Crippen LogP contribution in [0.2, 0.25) is 0 Å². The van der Waals surface area contributed by atoms with E-state index in [1.54, 1.807) is 4.90 Å². The van der Waals surface area contributed by atoms with E-state index in [0.717, 1.165) is 0 Å². The molecule has 0 aromatic heterocycles. The fraction of sp³-hybridized carbons (Fsp3) is 0.714. The molecule has 59 valence electrons. The van der Waals surface area contributed by atoms with Gasteiger partial charge < -0.3 is 10.6 Å². The molecule has 0 rings (SSSR count). The number of hydrogen-bond acceptors (Lipinski definition) is 2. The number of nitrogens with zero attached hydrogens (tertiary/aromatic N) is 1. The summed E-state index contributed by atoms with van der Waals surface area (Å²) in [4.78, 5) is 12.7. The van der Waals surface area contributed by atoms with Crippen LogP contribution in [0.4, 0.5) is 0 Å². The lowest BCUT2D eigenvalue weighted by Gasteiger charge is -2.20. The standard InChI is InChI=1S/C7H15N2O/c1-4-9(5-2)7(10)6(3)8/h6H,3-5,8H2,1-2H3. The van der Waals surface area contributed by atoms with Crippen molar-refractivity contribution < 1.29 is 4.79 Å². The molecule has 10 heavy (non-hydrogen) atoms. The second-order valence-electron chi connectivity index (χ2n) is 2.12. The molecule has 0 heterocycles. The first-order valence-corrected chi connectivity index (χ1v) is 3.50. The molecule has 1 unspecified atom stereocenters. The van der Waals surface area contributed by atoms with Gasteiger partial charge in [0.25, 0.3) is 0 Å². The van der Waals surface area contributed by atoms with Gasteiger partial charge in [-0.3, -0.25) is 4.79 Å². The molecule has 0 aliphatic heterocycles. The van der Waals surface area contributed by atoms with Crippen LogP contribution in [0.5, 0.6) is 0 Å². The van der Waals surface area contributed by atoms with Crippen LogP contribution in [0.25, 0.3) is 0 Å². The Kier molecular flexibility index (Phi) is 4.03. The zero-order valence-electron chi connectivity index (χ0n) is 6.63. The second kappa shape index (κ2) is 4.28. The van der Waals surface area contributed by atoms with E-state index in [9.17, 15) is 4.79 Å². The lowest BCUT2D eigenvalue weighted by molar-refractivity contribution is -0.131. The van der Waals surface area contributed by atoms with Crippen molar-refractivity contribution in [2.24, 2.45) is 5.73 Å². The van der Waals surface area contributed by atoms with E-state index in [4.69, 9.17) is 5.73 Å². The highest BCUT2D eigenvalue weighted by molar-refractivity contribution is 5.82. The molecular weight excluding hydrogens is 128 g/mol. The molecule has 0 bridgehead atoms. The molecule has 0 aliphatic rings. The number of carbonyl (C=O) groups is 1. The molecule has 3 heteroatoms. The van der Waals surface area contributed by atoms with Gasteiger partial charge in [0.05, 0.1) is 6.04 Å². The third-order valence-corrected chi connectivity index (χ3v) is 1.39. The Morgan fingerprint density at radius 2 is 2.00 bits per heavy atom. The van der Waals surface area contributed by atoms with Crippen LogP contribution in [0.3, 0.4) is 0 Å². The van der Waals surface area contributed by atoms with E-state index >= 15 is 0 Å². The molecule has 0 saturated carbocycles. The molecule has 0 aromatic carbocycles. The molecule has 0 fully saturated rings. The van der Waals surface area contributed by atoms with E-state index < -0.39 is 6.04 Å². The van der Waals surface area contributed by atoms with Crippen LogP contribution in [0.1, 0.15) is 13.8 Å². The lowest BCUT2D eigenvalue weighted by atomic mass is 10.3. The largest absolute Gasteiger partial charge is 0.342 e. The average Bonchev–Trinajstić information content (AvgIpc) is 1.90. The Hall–Kier alpha value is -0.570. The van der Waals surface area contributed by atoms with Gasteiger partial charge in [-0.1, -0.05) is 0 Å². The van der Waals surface area contributed by atoms with Gasteiger partial charge in [0, 0.05) is 13.1 Å². The van der Waals surface area contributed by atoms with E-state index in [1.807, 2.05) is 13.8 Å². The molecule has 0 aliphatic carbocycles. The van der Waals surface area contributed by atoms with E-state index in [2.05, 4.69) is 6.92 Å². The maximum atomic E-state index is 11.0. The summed E-state index contributed by atoms with van der Waals surface area (Å²) < 4.78 is 0. The minimum absolute atomic E-state index is 0.0787. The molecule has 0 aromatic rings. The first-order chi connectivity index (χ1) is 4.63. The maximum Gasteiger partial charge on any atom is 0.239 e. The highest BCUT2D eigenvalue weighted by atomic mass is 16.2. The first-order valence-electron chi connectivity index (χ1n) is 3.50. The number of carbonyl (C=O) groups excluding carboxylic acids is 1. The average molecular weight is 143 g/mol. The summed E-state index contributed by atoms with van der Waals surface area (Å²) in [5.74, 6) is -0.0787. The van der Waals surface area contributed by atoms with E-state index in [0.29, 0.717) is 13.1 Å². The van der Waals surface area contributed by atoms with E-state index in [1.165, 1.54) is 0 Å². The van der Waals surface area contributed by atoms with Gasteiger partial charge in [0.2, 0.25) is 5.91 Å². The van der Waals surface area contributed by atoms with Crippen LogP contribution >= 0.6 is 0 Å². The lowest BCUT2D eigenvalue weighted by Crippen LogP contribution is -2.41. The third-order valence-electron chi connectivity index (χ3n) is 1.39. The van der Waals surface area contributed by atoms with Gasteiger partial charge in [-0.15, -0.1) is 0 Å². The Bertz CT molecular complexity index is 108. The Morgan fingerprint density at radius 3 is 2.10 bits per heavy atom. The Morgan fingerprint density at radius 1 is 1.60 bits per heavy atom. The van der Waals surface area contributed by atoms with Crippen molar-refractivity contribution in [3.05, 3.63) is 6.92 Å². The Labute approximate surface area is 62.2 Å². The molecule has 0 saturated heterocycles. The quantitative estimate of drug-likeness (QED) is 0.605. The summed E-state index contributed by atoms with van der Waals surface area (Å²) in [6.45, 7) is 8.70. The van der Waals surface area contributed by atoms with Crippen molar-refractivity contribution in [2.75, 3.05) is 13.1 Å². The number of rotatable bonds is 3. The second-order valence-corrected chi connectivity index (χ2v) is 2.12. The van der Waals surface area contributed by atoms with Gasteiger partial charge in [-0.25, -0.2) is 0 Å². The molecule has 1 atom stereocenters. The summed E-state index contributed by atoms with van der Waals surface area (Å²) in [7, 11) is 0. The minimum Gasteiger partial charge on any atom is -0.342 e. The van der Waals surface area contributed by atoms with Crippen LogP contribution in [-0.2, 0) is 4.79 Å². The molecule has 1 amide bonds. The van der Waals surface area contributed by atoms with Crippen molar-refractivity contribution >= 4 is 5.91 Å². The van der Waals surface area contributed by atoms with Crippen molar-refractivity contribution in [2.45, 2.75) is 19.9 Å². The highest BCUT2D eigenvalue weighted by Gasteiger charge is 2.12. The summed E-state index contributed by atoms with van der Waals surface area (Å²) >= 11 is 0. The minimum atomic E-state index is -0.611. The summed E-state index contributed by atoms with van der Waals surface area (Å²) in [6, 6.07) is -0.611. The summed E-state index contributed by atoms with van der Waals surface area (Å²) in [5.41, 5.74) is 5.29. The zero-order valence-corrected chi connectivity index (χ0v) is 6.63. The van der Waals surface area contributed by atoms with Crippen LogP contribution in [0.15, 0.2) is 0 Å². The molecule has 3 nitrogen and oxygen atoms in total. The van der Waals surface area contributed by atoms with Crippen LogP contribution in [0, 0.1) is 6.92 Å². The third kappa shape index (κ3) is 2.35. The predicted molar refractivity (Wildman–Crippen MR) is 41.3 cm³/mol. The van der Waals surface area contributed by atoms with E-state index in [-0.39, 0.29) is 5.91 Å². The number of amides is 1. The van der Waals surface area contributed by atoms with Crippen molar-refractivity contribution in [3.63, 3.8) is 0 Å². The molecule has 2 N–H and O–H groups in total. The monoisotopic (exact) mass is 143 g/mol.